The van der Waals surface area contributed by atoms with Gasteiger partial charge >= 0.3 is 5.69 Å². The van der Waals surface area contributed by atoms with Gasteiger partial charge in [0.15, 0.2) is 11.2 Å². The number of imidazole rings is 1. The number of hydrogen-bond acceptors (Lipinski definition) is 8. The minimum atomic E-state index is -1.04. The molecular weight excluding hydrogens is 544 g/mol. The van der Waals surface area contributed by atoms with Crippen LogP contribution in [0.4, 0.5) is 5.95 Å². The molecule has 2 heterocycles. The van der Waals surface area contributed by atoms with Crippen molar-refractivity contribution in [1.29, 1.82) is 0 Å². The molecule has 0 aliphatic carbocycles. The van der Waals surface area contributed by atoms with Gasteiger partial charge in [-0.3, -0.25) is 14.3 Å². The molecule has 1 atom stereocenters. The molecule has 0 radical (unpaired) electrons. The average molecular weight is 564 g/mol. The van der Waals surface area contributed by atoms with E-state index >= 15 is 0 Å². The number of ether oxygens (including phenoxy) is 1. The SMILES string of the molecule is Cn1c(=O)[nH]c(=O)c2c1nc(N/N=C\c1cc(Br)ccc1O)n2C[C@@H](O)COc1ccc(Cl)cc1. The number of phenolic OH excluding ortho intramolecular Hbond substituents is 1. The van der Waals surface area contributed by atoms with Crippen LogP contribution in [0.2, 0.25) is 5.02 Å². The van der Waals surface area contributed by atoms with E-state index in [1.54, 1.807) is 36.4 Å². The third-order valence-corrected chi connectivity index (χ3v) is 5.76. The number of hydrogen-bond donors (Lipinski definition) is 4. The van der Waals surface area contributed by atoms with Gasteiger partial charge < -0.3 is 19.5 Å². The first-order valence-electron chi connectivity index (χ1n) is 10.3. The number of hydrazone groups is 1. The quantitative estimate of drug-likeness (QED) is 0.190. The zero-order valence-electron chi connectivity index (χ0n) is 18.3. The van der Waals surface area contributed by atoms with Crippen molar-refractivity contribution in [2.75, 3.05) is 12.0 Å². The Hall–Kier alpha value is -3.61. The monoisotopic (exact) mass is 562 g/mol. The fourth-order valence-electron chi connectivity index (χ4n) is 3.27. The zero-order chi connectivity index (χ0) is 25.1. The molecule has 4 rings (SSSR count). The summed E-state index contributed by atoms with van der Waals surface area (Å²) in [4.78, 5) is 31.2. The number of anilines is 1. The van der Waals surface area contributed by atoms with Crippen LogP contribution in [0, 0.1) is 0 Å². The lowest BCUT2D eigenvalue weighted by atomic mass is 10.2. The van der Waals surface area contributed by atoms with E-state index in [2.05, 4.69) is 36.4 Å². The lowest BCUT2D eigenvalue weighted by molar-refractivity contribution is 0.0938. The molecule has 0 saturated heterocycles. The second kappa shape index (κ2) is 10.3. The maximum Gasteiger partial charge on any atom is 0.329 e. The summed E-state index contributed by atoms with van der Waals surface area (Å²) in [5.74, 6) is 0.629. The van der Waals surface area contributed by atoms with Crippen molar-refractivity contribution >= 4 is 50.9 Å². The summed E-state index contributed by atoms with van der Waals surface area (Å²) < 4.78 is 8.92. The molecule has 4 N–H and O–H groups in total. The number of aromatic hydroxyl groups is 1. The summed E-state index contributed by atoms with van der Waals surface area (Å²) in [6, 6.07) is 11.5. The highest BCUT2D eigenvalue weighted by atomic mass is 79.9. The number of halogens is 2. The van der Waals surface area contributed by atoms with Crippen molar-refractivity contribution in [3.8, 4) is 11.5 Å². The first-order valence-corrected chi connectivity index (χ1v) is 11.4. The molecule has 4 aromatic rings. The van der Waals surface area contributed by atoms with Crippen LogP contribution in [0.1, 0.15) is 5.56 Å². The summed E-state index contributed by atoms with van der Waals surface area (Å²) in [5, 5.41) is 25.3. The van der Waals surface area contributed by atoms with Crippen LogP contribution >= 0.6 is 27.5 Å². The van der Waals surface area contributed by atoms with Gasteiger partial charge in [0.25, 0.3) is 5.56 Å². The Bertz CT molecular complexity index is 1510. The van der Waals surface area contributed by atoms with Gasteiger partial charge in [-0.05, 0) is 42.5 Å². The predicted molar refractivity (Wildman–Crippen MR) is 136 cm³/mol. The Morgan fingerprint density at radius 1 is 1.29 bits per heavy atom. The highest BCUT2D eigenvalue weighted by Gasteiger charge is 2.20. The molecule has 182 valence electrons. The molecule has 0 bridgehead atoms. The molecule has 2 aromatic heterocycles. The van der Waals surface area contributed by atoms with Gasteiger partial charge in [-0.15, -0.1) is 0 Å². The topological polar surface area (TPSA) is 147 Å². The number of aliphatic hydroxyl groups excluding tert-OH is 1. The van der Waals surface area contributed by atoms with Crippen molar-refractivity contribution in [3.05, 3.63) is 78.4 Å². The molecule has 35 heavy (non-hydrogen) atoms. The van der Waals surface area contributed by atoms with Crippen molar-refractivity contribution < 1.29 is 14.9 Å². The standard InChI is InChI=1S/C22H20BrClN6O5/c1-29-19-18(20(33)27-22(29)34)30(10-15(31)11-35-16-5-3-14(24)4-6-16)21(26-19)28-25-9-12-8-13(23)2-7-17(12)32/h2-9,15,31-32H,10-11H2,1H3,(H,26,28)(H,27,33,34)/b25-9-/t15-/m1/s1. The number of phenols is 1. The highest BCUT2D eigenvalue weighted by Crippen LogP contribution is 2.21. The molecule has 13 heteroatoms. The number of H-pyrrole nitrogens is 1. The number of rotatable bonds is 8. The molecule has 0 aliphatic heterocycles. The Labute approximate surface area is 211 Å². The Balaban J connectivity index is 1.63. The molecule has 11 nitrogen and oxygen atoms in total. The molecule has 0 unspecified atom stereocenters. The van der Waals surface area contributed by atoms with E-state index in [4.69, 9.17) is 16.3 Å². The third-order valence-electron chi connectivity index (χ3n) is 5.01. The van der Waals surface area contributed by atoms with Crippen LogP contribution in [-0.2, 0) is 13.6 Å². The number of aromatic nitrogens is 4. The predicted octanol–water partition coefficient (Wildman–Crippen LogP) is 2.43. The lowest BCUT2D eigenvalue weighted by Gasteiger charge is -2.15. The van der Waals surface area contributed by atoms with Crippen LogP contribution < -0.4 is 21.4 Å². The van der Waals surface area contributed by atoms with E-state index in [0.717, 1.165) is 4.47 Å². The smallest absolute Gasteiger partial charge is 0.329 e. The number of nitrogens with one attached hydrogen (secondary N) is 2. The highest BCUT2D eigenvalue weighted by molar-refractivity contribution is 9.10. The normalized spacial score (nSPS) is 12.3. The zero-order valence-corrected chi connectivity index (χ0v) is 20.6. The van der Waals surface area contributed by atoms with E-state index in [-0.39, 0.29) is 36.0 Å². The van der Waals surface area contributed by atoms with E-state index in [1.807, 2.05) is 0 Å². The van der Waals surface area contributed by atoms with Gasteiger partial charge in [0.2, 0.25) is 5.95 Å². The third kappa shape index (κ3) is 5.56. The van der Waals surface area contributed by atoms with Crippen LogP contribution in [-0.4, -0.2) is 48.2 Å². The lowest BCUT2D eigenvalue weighted by Crippen LogP contribution is -2.30. The second-order valence-corrected chi connectivity index (χ2v) is 8.88. The minimum absolute atomic E-state index is 0.0147. The molecule has 0 saturated carbocycles. The summed E-state index contributed by atoms with van der Waals surface area (Å²) in [6.45, 7) is -0.176. The van der Waals surface area contributed by atoms with Gasteiger partial charge in [0.05, 0.1) is 12.8 Å². The molecule has 0 aliphatic rings. The Morgan fingerprint density at radius 3 is 2.77 bits per heavy atom. The number of nitrogens with zero attached hydrogens (tertiary/aromatic N) is 4. The number of aliphatic hydroxyl groups is 1. The van der Waals surface area contributed by atoms with Crippen molar-refractivity contribution in [2.45, 2.75) is 12.6 Å². The van der Waals surface area contributed by atoms with Gasteiger partial charge in [-0.2, -0.15) is 10.1 Å². The van der Waals surface area contributed by atoms with Crippen LogP contribution in [0.15, 0.2) is 61.6 Å². The van der Waals surface area contributed by atoms with Crippen LogP contribution in [0.25, 0.3) is 11.2 Å². The first-order chi connectivity index (χ1) is 16.7. The maximum atomic E-state index is 12.6. The van der Waals surface area contributed by atoms with Crippen molar-refractivity contribution in [1.82, 2.24) is 19.1 Å². The first kappa shape index (κ1) is 24.5. The minimum Gasteiger partial charge on any atom is -0.507 e. The number of fused-ring (bicyclic) bond motifs is 1. The van der Waals surface area contributed by atoms with E-state index in [9.17, 15) is 19.8 Å². The molecular formula is C22H20BrClN6O5. The largest absolute Gasteiger partial charge is 0.507 e. The Morgan fingerprint density at radius 2 is 2.03 bits per heavy atom. The van der Waals surface area contributed by atoms with Crippen LogP contribution in [0.5, 0.6) is 11.5 Å². The van der Waals surface area contributed by atoms with Crippen molar-refractivity contribution in [3.63, 3.8) is 0 Å². The van der Waals surface area contributed by atoms with Gasteiger partial charge in [0, 0.05) is 22.1 Å². The summed E-state index contributed by atoms with van der Waals surface area (Å²) in [5.41, 5.74) is 2.02. The van der Waals surface area contributed by atoms with Gasteiger partial charge in [-0.25, -0.2) is 10.2 Å². The molecule has 2 aromatic carbocycles. The summed E-state index contributed by atoms with van der Waals surface area (Å²) in [6.07, 6.45) is 0.325. The van der Waals surface area contributed by atoms with Crippen LogP contribution in [0.3, 0.4) is 0 Å². The Kier molecular flexibility index (Phi) is 7.24. The van der Waals surface area contributed by atoms with E-state index < -0.39 is 17.4 Å². The average Bonchev–Trinajstić information content (AvgIpc) is 3.18. The molecule has 0 amide bonds. The second-order valence-electron chi connectivity index (χ2n) is 7.53. The number of benzene rings is 2. The fourth-order valence-corrected chi connectivity index (χ4v) is 3.78. The van der Waals surface area contributed by atoms with Gasteiger partial charge in [-0.1, -0.05) is 27.5 Å². The summed E-state index contributed by atoms with van der Waals surface area (Å²) >= 11 is 9.20. The van der Waals surface area contributed by atoms with Crippen molar-refractivity contribution in [2.24, 2.45) is 12.1 Å². The summed E-state index contributed by atoms with van der Waals surface area (Å²) in [7, 11) is 1.46. The number of aryl methyl sites for hydroxylation is 1. The van der Waals surface area contributed by atoms with E-state index in [1.165, 1.54) is 28.5 Å². The molecule has 0 spiro atoms. The maximum absolute atomic E-state index is 12.6. The van der Waals surface area contributed by atoms with E-state index in [0.29, 0.717) is 16.3 Å². The fraction of sp³-hybridized carbons (Fsp3) is 0.182. The number of aromatic amines is 1. The molecule has 0 fully saturated rings. The van der Waals surface area contributed by atoms with Gasteiger partial charge in [0.1, 0.15) is 24.2 Å².